The molecule has 0 spiro atoms. The molecule has 0 aliphatic carbocycles. The van der Waals surface area contributed by atoms with Crippen molar-refractivity contribution in [3.8, 4) is 0 Å². The number of hydrogen-bond donors (Lipinski definition) is 2. The first-order valence-electron chi connectivity index (χ1n) is 7.37. The summed E-state index contributed by atoms with van der Waals surface area (Å²) in [7, 11) is 1.57. The first kappa shape index (κ1) is 18.0. The Labute approximate surface area is 133 Å². The van der Waals surface area contributed by atoms with E-state index in [0.29, 0.717) is 5.92 Å². The van der Waals surface area contributed by atoms with Gasteiger partial charge in [-0.2, -0.15) is 0 Å². The van der Waals surface area contributed by atoms with Gasteiger partial charge in [-0.1, -0.05) is 30.3 Å². The van der Waals surface area contributed by atoms with Gasteiger partial charge in [0.2, 0.25) is 0 Å². The molecule has 1 aliphatic heterocycles. The maximum absolute atomic E-state index is 12.2. The first-order chi connectivity index (χ1) is 9.81. The van der Waals surface area contributed by atoms with Crippen LogP contribution < -0.4 is 10.6 Å². The summed E-state index contributed by atoms with van der Waals surface area (Å²) in [6.45, 7) is 2.92. The van der Waals surface area contributed by atoms with Crippen LogP contribution in [0.5, 0.6) is 0 Å². The van der Waals surface area contributed by atoms with Gasteiger partial charge in [-0.25, -0.2) is 0 Å². The van der Waals surface area contributed by atoms with Gasteiger partial charge in [-0.3, -0.25) is 4.79 Å². The lowest BCUT2D eigenvalue weighted by Crippen LogP contribution is -2.35. The molecule has 2 unspecified atom stereocenters. The number of rotatable bonds is 6. The quantitative estimate of drug-likeness (QED) is 0.847. The van der Waals surface area contributed by atoms with Crippen LogP contribution in [0.4, 0.5) is 0 Å². The SMILES string of the molecule is COC(C(=O)NCCC1CCCNC1)c1ccccc1.Cl. The normalized spacial score (nSPS) is 19.4. The van der Waals surface area contributed by atoms with Gasteiger partial charge in [0.05, 0.1) is 0 Å². The largest absolute Gasteiger partial charge is 0.367 e. The van der Waals surface area contributed by atoms with Crippen molar-refractivity contribution in [2.75, 3.05) is 26.7 Å². The molecule has 4 nitrogen and oxygen atoms in total. The molecule has 1 aromatic rings. The molecule has 2 N–H and O–H groups in total. The van der Waals surface area contributed by atoms with Gasteiger partial charge in [0.1, 0.15) is 0 Å². The molecule has 1 fully saturated rings. The highest BCUT2D eigenvalue weighted by molar-refractivity contribution is 5.85. The number of benzene rings is 1. The van der Waals surface area contributed by atoms with Crippen molar-refractivity contribution in [2.24, 2.45) is 5.92 Å². The lowest BCUT2D eigenvalue weighted by Gasteiger charge is -2.23. The van der Waals surface area contributed by atoms with Crippen LogP contribution in [0, 0.1) is 5.92 Å². The third-order valence-electron chi connectivity index (χ3n) is 3.83. The minimum Gasteiger partial charge on any atom is -0.367 e. The summed E-state index contributed by atoms with van der Waals surface area (Å²) in [5, 5.41) is 6.38. The molecule has 0 radical (unpaired) electrons. The van der Waals surface area contributed by atoms with Crippen LogP contribution in [0.1, 0.15) is 30.9 Å². The van der Waals surface area contributed by atoms with Crippen LogP contribution in [-0.4, -0.2) is 32.7 Å². The highest BCUT2D eigenvalue weighted by atomic mass is 35.5. The Morgan fingerprint density at radius 1 is 1.43 bits per heavy atom. The van der Waals surface area contributed by atoms with E-state index in [4.69, 9.17) is 4.74 Å². The average molecular weight is 313 g/mol. The molecular formula is C16H25ClN2O2. The maximum atomic E-state index is 12.2. The summed E-state index contributed by atoms with van der Waals surface area (Å²) in [5.74, 6) is 0.629. The number of hydrogen-bond acceptors (Lipinski definition) is 3. The average Bonchev–Trinajstić information content (AvgIpc) is 2.50. The summed E-state index contributed by atoms with van der Waals surface area (Å²) in [6, 6.07) is 9.60. The molecule has 5 heteroatoms. The number of ether oxygens (including phenoxy) is 1. The number of amides is 1. The molecule has 2 rings (SSSR count). The van der Waals surface area contributed by atoms with Gasteiger partial charge in [-0.15, -0.1) is 12.4 Å². The van der Waals surface area contributed by atoms with Crippen molar-refractivity contribution >= 4 is 18.3 Å². The van der Waals surface area contributed by atoms with Crippen LogP contribution in [0.15, 0.2) is 30.3 Å². The van der Waals surface area contributed by atoms with Crippen LogP contribution in [0.2, 0.25) is 0 Å². The van der Waals surface area contributed by atoms with Crippen molar-refractivity contribution in [1.82, 2.24) is 10.6 Å². The Bertz CT molecular complexity index is 408. The minimum absolute atomic E-state index is 0. The Kier molecular flexibility index (Phi) is 8.35. The van der Waals surface area contributed by atoms with Gasteiger partial charge < -0.3 is 15.4 Å². The maximum Gasteiger partial charge on any atom is 0.253 e. The molecule has 21 heavy (non-hydrogen) atoms. The van der Waals surface area contributed by atoms with Crippen LogP contribution in [-0.2, 0) is 9.53 Å². The molecule has 1 aromatic carbocycles. The fraction of sp³-hybridized carbons (Fsp3) is 0.562. The van der Waals surface area contributed by atoms with Crippen molar-refractivity contribution in [3.05, 3.63) is 35.9 Å². The number of carbonyl (C=O) groups excluding carboxylic acids is 1. The highest BCUT2D eigenvalue weighted by Crippen LogP contribution is 2.17. The number of methoxy groups -OCH3 is 1. The summed E-state index contributed by atoms with van der Waals surface area (Å²) in [6.07, 6.45) is 3.02. The second-order valence-corrected chi connectivity index (χ2v) is 5.32. The van der Waals surface area contributed by atoms with Crippen LogP contribution in [0.3, 0.4) is 0 Å². The Morgan fingerprint density at radius 3 is 2.81 bits per heavy atom. The molecular weight excluding hydrogens is 288 g/mol. The molecule has 0 saturated carbocycles. The van der Waals surface area contributed by atoms with E-state index in [9.17, 15) is 4.79 Å². The molecule has 118 valence electrons. The van der Waals surface area contributed by atoms with Crippen molar-refractivity contribution in [1.29, 1.82) is 0 Å². The minimum atomic E-state index is -0.513. The van der Waals surface area contributed by atoms with Crippen molar-refractivity contribution in [2.45, 2.75) is 25.4 Å². The second-order valence-electron chi connectivity index (χ2n) is 5.32. The second kappa shape index (κ2) is 9.77. The monoisotopic (exact) mass is 312 g/mol. The summed E-state index contributed by atoms with van der Waals surface area (Å²) < 4.78 is 5.32. The zero-order chi connectivity index (χ0) is 14.2. The fourth-order valence-corrected chi connectivity index (χ4v) is 2.68. The number of piperidine rings is 1. The summed E-state index contributed by atoms with van der Waals surface area (Å²) >= 11 is 0. The van der Waals surface area contributed by atoms with Gasteiger partial charge in [0.25, 0.3) is 5.91 Å². The van der Waals surface area contributed by atoms with Crippen molar-refractivity contribution < 1.29 is 9.53 Å². The zero-order valence-electron chi connectivity index (χ0n) is 12.5. The van der Waals surface area contributed by atoms with E-state index in [2.05, 4.69) is 10.6 Å². The fourth-order valence-electron chi connectivity index (χ4n) is 2.68. The first-order valence-corrected chi connectivity index (χ1v) is 7.37. The highest BCUT2D eigenvalue weighted by Gasteiger charge is 2.20. The predicted octanol–water partition coefficient (Wildman–Crippen LogP) is 2.30. The zero-order valence-corrected chi connectivity index (χ0v) is 13.3. The Morgan fingerprint density at radius 2 is 2.19 bits per heavy atom. The van der Waals surface area contributed by atoms with E-state index in [-0.39, 0.29) is 18.3 Å². The molecule has 1 aliphatic rings. The smallest absolute Gasteiger partial charge is 0.253 e. The van der Waals surface area contributed by atoms with Crippen LogP contribution in [0.25, 0.3) is 0 Å². The summed E-state index contributed by atoms with van der Waals surface area (Å²) in [5.41, 5.74) is 0.895. The molecule has 1 amide bonds. The molecule has 0 bridgehead atoms. The Hall–Kier alpha value is -1.10. The van der Waals surface area contributed by atoms with E-state index in [0.717, 1.165) is 31.6 Å². The number of nitrogens with one attached hydrogen (secondary N) is 2. The van der Waals surface area contributed by atoms with Gasteiger partial charge in [-0.05, 0) is 43.8 Å². The molecule has 1 saturated heterocycles. The number of halogens is 1. The lowest BCUT2D eigenvalue weighted by atomic mass is 9.96. The van der Waals surface area contributed by atoms with Crippen LogP contribution >= 0.6 is 12.4 Å². The van der Waals surface area contributed by atoms with E-state index in [1.165, 1.54) is 12.8 Å². The van der Waals surface area contributed by atoms with E-state index < -0.39 is 6.10 Å². The Balaban J connectivity index is 0.00000220. The standard InChI is InChI=1S/C16H24N2O2.ClH/c1-20-15(14-7-3-2-4-8-14)16(19)18-11-9-13-6-5-10-17-12-13;/h2-4,7-8,13,15,17H,5-6,9-12H2,1H3,(H,18,19);1H. The van der Waals surface area contributed by atoms with Crippen molar-refractivity contribution in [3.63, 3.8) is 0 Å². The van der Waals surface area contributed by atoms with E-state index in [1.54, 1.807) is 7.11 Å². The summed E-state index contributed by atoms with van der Waals surface area (Å²) in [4.78, 5) is 12.2. The van der Waals surface area contributed by atoms with Gasteiger partial charge in [0, 0.05) is 13.7 Å². The topological polar surface area (TPSA) is 50.4 Å². The van der Waals surface area contributed by atoms with E-state index in [1.807, 2.05) is 30.3 Å². The lowest BCUT2D eigenvalue weighted by molar-refractivity contribution is -0.131. The van der Waals surface area contributed by atoms with E-state index >= 15 is 0 Å². The number of carbonyl (C=O) groups is 1. The third-order valence-corrected chi connectivity index (χ3v) is 3.83. The third kappa shape index (κ3) is 5.65. The van der Waals surface area contributed by atoms with Gasteiger partial charge in [0.15, 0.2) is 6.10 Å². The predicted molar refractivity (Wildman–Crippen MR) is 86.7 cm³/mol. The molecule has 0 aromatic heterocycles. The molecule has 2 atom stereocenters. The molecule has 1 heterocycles. The van der Waals surface area contributed by atoms with Gasteiger partial charge >= 0.3 is 0 Å².